The van der Waals surface area contributed by atoms with Gasteiger partial charge in [-0.3, -0.25) is 4.79 Å². The fourth-order valence-electron chi connectivity index (χ4n) is 1.43. The Hall–Kier alpha value is -1.98. The zero-order valence-corrected chi connectivity index (χ0v) is 8.45. The maximum Gasteiger partial charge on any atom is 0.333 e. The van der Waals surface area contributed by atoms with E-state index in [1.165, 1.54) is 19.3 Å². The molecule has 1 aromatic carbocycles. The van der Waals surface area contributed by atoms with Crippen molar-refractivity contribution in [3.05, 3.63) is 30.0 Å². The van der Waals surface area contributed by atoms with E-state index in [9.17, 15) is 13.6 Å². The summed E-state index contributed by atoms with van der Waals surface area (Å²) in [5.41, 5.74) is 0.858. The number of halogens is 2. The lowest BCUT2D eigenvalue weighted by molar-refractivity contribution is 0.0573. The van der Waals surface area contributed by atoms with Crippen LogP contribution in [-0.4, -0.2) is 22.7 Å². The van der Waals surface area contributed by atoms with Gasteiger partial charge in [-0.25, -0.2) is 4.68 Å². The summed E-state index contributed by atoms with van der Waals surface area (Å²) >= 11 is 0. The van der Waals surface area contributed by atoms with Crippen molar-refractivity contribution in [1.82, 2.24) is 15.1 Å². The van der Waals surface area contributed by atoms with Crippen molar-refractivity contribution in [1.29, 1.82) is 0 Å². The SMILES string of the molecule is CNC(=O)c1ccc2nn(C(F)F)cc2c1. The average molecular weight is 225 g/mol. The standard InChI is InChI=1S/C10H9F2N3O/c1-13-9(16)6-2-3-8-7(4-6)5-15(14-8)10(11)12/h2-5,10H,1H3,(H,13,16). The van der Waals surface area contributed by atoms with Crippen LogP contribution in [0.1, 0.15) is 16.9 Å². The number of rotatable bonds is 2. The number of carbonyl (C=O) groups excluding carboxylic acids is 1. The van der Waals surface area contributed by atoms with Crippen LogP contribution in [0.25, 0.3) is 10.9 Å². The number of nitrogens with one attached hydrogen (secondary N) is 1. The summed E-state index contributed by atoms with van der Waals surface area (Å²) in [5, 5.41) is 6.65. The van der Waals surface area contributed by atoms with Crippen molar-refractivity contribution in [3.63, 3.8) is 0 Å². The number of amides is 1. The number of hydrogen-bond donors (Lipinski definition) is 1. The first-order valence-electron chi connectivity index (χ1n) is 4.61. The molecule has 0 unspecified atom stereocenters. The minimum atomic E-state index is -2.67. The summed E-state index contributed by atoms with van der Waals surface area (Å²) in [4.78, 5) is 11.3. The van der Waals surface area contributed by atoms with Crippen LogP contribution in [-0.2, 0) is 0 Å². The fraction of sp³-hybridized carbons (Fsp3) is 0.200. The molecule has 0 bridgehead atoms. The highest BCUT2D eigenvalue weighted by Gasteiger charge is 2.10. The summed E-state index contributed by atoms with van der Waals surface area (Å²) in [6, 6.07) is 4.61. The Kier molecular flexibility index (Phi) is 2.55. The van der Waals surface area contributed by atoms with E-state index in [1.54, 1.807) is 12.1 Å². The zero-order chi connectivity index (χ0) is 11.7. The molecule has 0 saturated heterocycles. The Balaban J connectivity index is 2.49. The number of fused-ring (bicyclic) bond motifs is 1. The molecule has 16 heavy (non-hydrogen) atoms. The van der Waals surface area contributed by atoms with Gasteiger partial charge in [0.15, 0.2) is 0 Å². The number of hydrogen-bond acceptors (Lipinski definition) is 2. The predicted octanol–water partition coefficient (Wildman–Crippen LogP) is 1.79. The number of nitrogens with zero attached hydrogens (tertiary/aromatic N) is 2. The normalized spacial score (nSPS) is 11.0. The molecule has 0 saturated carbocycles. The van der Waals surface area contributed by atoms with Gasteiger partial charge in [0.25, 0.3) is 5.91 Å². The quantitative estimate of drug-likeness (QED) is 0.846. The maximum absolute atomic E-state index is 12.4. The second-order valence-corrected chi connectivity index (χ2v) is 3.24. The van der Waals surface area contributed by atoms with Gasteiger partial charge in [-0.15, -0.1) is 0 Å². The minimum Gasteiger partial charge on any atom is -0.355 e. The van der Waals surface area contributed by atoms with Gasteiger partial charge in [0.05, 0.1) is 5.52 Å². The van der Waals surface area contributed by atoms with Crippen molar-refractivity contribution < 1.29 is 13.6 Å². The molecular formula is C10H9F2N3O. The second-order valence-electron chi connectivity index (χ2n) is 3.24. The number of benzene rings is 1. The number of carbonyl (C=O) groups is 1. The molecule has 1 heterocycles. The summed E-state index contributed by atoms with van der Waals surface area (Å²) < 4.78 is 25.3. The van der Waals surface area contributed by atoms with Crippen LogP contribution < -0.4 is 5.32 Å². The Bertz CT molecular complexity index is 536. The minimum absolute atomic E-state index is 0.258. The Morgan fingerprint density at radius 2 is 2.25 bits per heavy atom. The van der Waals surface area contributed by atoms with Gasteiger partial charge >= 0.3 is 6.55 Å². The van der Waals surface area contributed by atoms with Crippen LogP contribution in [0.3, 0.4) is 0 Å². The van der Waals surface area contributed by atoms with E-state index in [1.807, 2.05) is 0 Å². The lowest BCUT2D eigenvalue weighted by atomic mass is 10.1. The molecule has 0 spiro atoms. The summed E-state index contributed by atoms with van der Waals surface area (Å²) in [6.45, 7) is -2.67. The van der Waals surface area contributed by atoms with Crippen LogP contribution in [0.2, 0.25) is 0 Å². The van der Waals surface area contributed by atoms with E-state index in [2.05, 4.69) is 10.4 Å². The largest absolute Gasteiger partial charge is 0.355 e. The summed E-state index contributed by atoms with van der Waals surface area (Å²) in [7, 11) is 1.51. The van der Waals surface area contributed by atoms with Gasteiger partial charge in [0, 0.05) is 24.2 Å². The molecule has 2 aromatic rings. The fourth-order valence-corrected chi connectivity index (χ4v) is 1.43. The van der Waals surface area contributed by atoms with Crippen LogP contribution in [0.4, 0.5) is 8.78 Å². The van der Waals surface area contributed by atoms with E-state index >= 15 is 0 Å². The van der Waals surface area contributed by atoms with Crippen molar-refractivity contribution in [2.24, 2.45) is 0 Å². The Labute approximate surface area is 89.9 Å². The second kappa shape index (κ2) is 3.88. The highest BCUT2D eigenvalue weighted by atomic mass is 19.3. The van der Waals surface area contributed by atoms with Crippen molar-refractivity contribution in [2.45, 2.75) is 6.55 Å². The molecule has 1 amide bonds. The van der Waals surface area contributed by atoms with E-state index in [0.717, 1.165) is 0 Å². The molecule has 0 atom stereocenters. The van der Waals surface area contributed by atoms with Crippen LogP contribution >= 0.6 is 0 Å². The van der Waals surface area contributed by atoms with Gasteiger partial charge in [0.1, 0.15) is 0 Å². The van der Waals surface area contributed by atoms with Crippen molar-refractivity contribution in [2.75, 3.05) is 7.05 Å². The monoisotopic (exact) mass is 225 g/mol. The lowest BCUT2D eigenvalue weighted by Gasteiger charge is -1.97. The van der Waals surface area contributed by atoms with E-state index in [-0.39, 0.29) is 5.91 Å². The Morgan fingerprint density at radius 1 is 1.50 bits per heavy atom. The molecule has 0 aliphatic heterocycles. The first-order chi connectivity index (χ1) is 7.61. The van der Waals surface area contributed by atoms with Crippen LogP contribution in [0.15, 0.2) is 24.4 Å². The van der Waals surface area contributed by atoms with Gasteiger partial charge < -0.3 is 5.32 Å². The highest BCUT2D eigenvalue weighted by Crippen LogP contribution is 2.18. The lowest BCUT2D eigenvalue weighted by Crippen LogP contribution is -2.17. The van der Waals surface area contributed by atoms with Crippen LogP contribution in [0, 0.1) is 0 Å². The Morgan fingerprint density at radius 3 is 2.88 bits per heavy atom. The third kappa shape index (κ3) is 1.73. The average Bonchev–Trinajstić information content (AvgIpc) is 2.70. The van der Waals surface area contributed by atoms with E-state index < -0.39 is 6.55 Å². The van der Waals surface area contributed by atoms with Gasteiger partial charge in [0.2, 0.25) is 0 Å². The molecule has 0 aliphatic carbocycles. The van der Waals surface area contributed by atoms with Crippen molar-refractivity contribution in [3.8, 4) is 0 Å². The van der Waals surface area contributed by atoms with Crippen LogP contribution in [0.5, 0.6) is 0 Å². The molecular weight excluding hydrogens is 216 g/mol. The molecule has 1 aromatic heterocycles. The molecule has 0 radical (unpaired) electrons. The zero-order valence-electron chi connectivity index (χ0n) is 8.45. The van der Waals surface area contributed by atoms with Gasteiger partial charge in [-0.1, -0.05) is 0 Å². The molecule has 0 fully saturated rings. The first kappa shape index (κ1) is 10.5. The number of alkyl halides is 2. The van der Waals surface area contributed by atoms with Gasteiger partial charge in [-0.2, -0.15) is 13.9 Å². The summed E-state index contributed by atoms with van der Waals surface area (Å²) in [6.07, 6.45) is 1.21. The topological polar surface area (TPSA) is 46.9 Å². The first-order valence-corrected chi connectivity index (χ1v) is 4.61. The van der Waals surface area contributed by atoms with E-state index in [4.69, 9.17) is 0 Å². The molecule has 84 valence electrons. The molecule has 6 heteroatoms. The summed E-state index contributed by atoms with van der Waals surface area (Å²) in [5.74, 6) is -0.258. The smallest absolute Gasteiger partial charge is 0.333 e. The molecule has 1 N–H and O–H groups in total. The third-order valence-corrected chi connectivity index (χ3v) is 2.21. The number of aromatic nitrogens is 2. The highest BCUT2D eigenvalue weighted by molar-refractivity contribution is 5.97. The maximum atomic E-state index is 12.4. The molecule has 4 nitrogen and oxygen atoms in total. The van der Waals surface area contributed by atoms with Crippen molar-refractivity contribution >= 4 is 16.8 Å². The van der Waals surface area contributed by atoms with Gasteiger partial charge in [-0.05, 0) is 18.2 Å². The predicted molar refractivity (Wildman–Crippen MR) is 54.4 cm³/mol. The third-order valence-electron chi connectivity index (χ3n) is 2.21. The molecule has 0 aliphatic rings. The van der Waals surface area contributed by atoms with E-state index in [0.29, 0.717) is 21.1 Å². The molecule has 2 rings (SSSR count).